The molecule has 1 aromatic carbocycles. The van der Waals surface area contributed by atoms with Crippen molar-refractivity contribution < 1.29 is 19.8 Å². The van der Waals surface area contributed by atoms with Crippen molar-refractivity contribution >= 4 is 17.6 Å². The highest BCUT2D eigenvalue weighted by Crippen LogP contribution is 2.31. The van der Waals surface area contributed by atoms with Crippen LogP contribution in [0.4, 0.5) is 5.69 Å². The van der Waals surface area contributed by atoms with E-state index in [2.05, 4.69) is 5.32 Å². The van der Waals surface area contributed by atoms with Crippen LogP contribution in [0.3, 0.4) is 0 Å². The lowest BCUT2D eigenvalue weighted by molar-refractivity contribution is -0.138. The first-order valence-corrected chi connectivity index (χ1v) is 6.96. The Bertz CT molecular complexity index is 559. The molecule has 3 N–H and O–H groups in total. The standard InChI is InChI=1S/C15H20N2O4/c1-3-16-11(8-14(19)20)15(21)9-4-5-12-10(6-9)7-13(18)17(12)2/h4-6,11,15-16,21H,3,7-8H2,1-2H3,(H,19,20). The monoisotopic (exact) mass is 292 g/mol. The molecule has 2 atom stereocenters. The Morgan fingerprint density at radius 2 is 2.19 bits per heavy atom. The van der Waals surface area contributed by atoms with Crippen LogP contribution < -0.4 is 10.2 Å². The molecule has 0 bridgehead atoms. The van der Waals surface area contributed by atoms with Crippen LogP contribution in [0.1, 0.15) is 30.6 Å². The maximum atomic E-state index is 11.7. The van der Waals surface area contributed by atoms with E-state index < -0.39 is 18.1 Å². The molecular formula is C15H20N2O4. The fourth-order valence-corrected chi connectivity index (χ4v) is 2.65. The van der Waals surface area contributed by atoms with Crippen LogP contribution in [-0.4, -0.2) is 41.7 Å². The van der Waals surface area contributed by atoms with E-state index in [1.807, 2.05) is 6.92 Å². The number of carbonyl (C=O) groups is 2. The lowest BCUT2D eigenvalue weighted by Gasteiger charge is -2.23. The summed E-state index contributed by atoms with van der Waals surface area (Å²) in [6, 6.07) is 4.77. The molecule has 1 aliphatic rings. The third-order valence-electron chi connectivity index (χ3n) is 3.76. The second kappa shape index (κ2) is 6.24. The van der Waals surface area contributed by atoms with Crippen LogP contribution in [0.25, 0.3) is 0 Å². The molecule has 1 aliphatic heterocycles. The van der Waals surface area contributed by atoms with Gasteiger partial charge in [-0.3, -0.25) is 9.59 Å². The number of likely N-dealkylation sites (N-methyl/N-ethyl adjacent to an activating group) is 2. The molecule has 0 saturated heterocycles. The quantitative estimate of drug-likeness (QED) is 0.718. The van der Waals surface area contributed by atoms with Crippen molar-refractivity contribution in [2.75, 3.05) is 18.5 Å². The average Bonchev–Trinajstić information content (AvgIpc) is 2.72. The molecule has 0 saturated carbocycles. The smallest absolute Gasteiger partial charge is 0.305 e. The number of carbonyl (C=O) groups excluding carboxylic acids is 1. The summed E-state index contributed by atoms with van der Waals surface area (Å²) in [5.74, 6) is -0.943. The molecule has 21 heavy (non-hydrogen) atoms. The van der Waals surface area contributed by atoms with Gasteiger partial charge in [0.05, 0.1) is 18.9 Å². The average molecular weight is 292 g/mol. The minimum Gasteiger partial charge on any atom is -0.481 e. The molecular weight excluding hydrogens is 272 g/mol. The van der Waals surface area contributed by atoms with E-state index in [9.17, 15) is 14.7 Å². The lowest BCUT2D eigenvalue weighted by atomic mass is 9.97. The van der Waals surface area contributed by atoms with Gasteiger partial charge in [0.1, 0.15) is 0 Å². The predicted octanol–water partition coefficient (Wildman–Crippen LogP) is 0.692. The lowest BCUT2D eigenvalue weighted by Crippen LogP contribution is -2.36. The Kier molecular flexibility index (Phi) is 4.59. The summed E-state index contributed by atoms with van der Waals surface area (Å²) in [5, 5.41) is 22.3. The van der Waals surface area contributed by atoms with Crippen LogP contribution in [0.15, 0.2) is 18.2 Å². The highest BCUT2D eigenvalue weighted by atomic mass is 16.4. The summed E-state index contributed by atoms with van der Waals surface area (Å²) >= 11 is 0. The van der Waals surface area contributed by atoms with Crippen LogP contribution >= 0.6 is 0 Å². The first-order valence-electron chi connectivity index (χ1n) is 6.96. The SMILES string of the molecule is CCNC(CC(=O)O)C(O)c1ccc2c(c1)CC(=O)N2C. The van der Waals surface area contributed by atoms with Gasteiger partial charge >= 0.3 is 5.97 Å². The molecule has 114 valence electrons. The van der Waals surface area contributed by atoms with Gasteiger partial charge in [-0.05, 0) is 23.7 Å². The third-order valence-corrected chi connectivity index (χ3v) is 3.76. The van der Waals surface area contributed by atoms with E-state index in [0.717, 1.165) is 11.3 Å². The third kappa shape index (κ3) is 3.22. The fraction of sp³-hybridized carbons (Fsp3) is 0.467. The fourth-order valence-electron chi connectivity index (χ4n) is 2.65. The molecule has 0 aromatic heterocycles. The molecule has 6 nitrogen and oxygen atoms in total. The number of benzene rings is 1. The van der Waals surface area contributed by atoms with E-state index >= 15 is 0 Å². The van der Waals surface area contributed by atoms with Crippen molar-refractivity contribution in [2.24, 2.45) is 0 Å². The van der Waals surface area contributed by atoms with Gasteiger partial charge in [0.25, 0.3) is 0 Å². The molecule has 2 rings (SSSR count). The van der Waals surface area contributed by atoms with Crippen molar-refractivity contribution in [3.8, 4) is 0 Å². The van der Waals surface area contributed by atoms with Gasteiger partial charge in [-0.1, -0.05) is 19.1 Å². The summed E-state index contributed by atoms with van der Waals surface area (Å²) in [7, 11) is 1.72. The van der Waals surface area contributed by atoms with Gasteiger partial charge in [0.2, 0.25) is 5.91 Å². The zero-order valence-electron chi connectivity index (χ0n) is 12.2. The summed E-state index contributed by atoms with van der Waals surface area (Å²) in [6.07, 6.45) is -0.769. The summed E-state index contributed by atoms with van der Waals surface area (Å²) in [4.78, 5) is 24.1. The van der Waals surface area contributed by atoms with E-state index in [4.69, 9.17) is 5.11 Å². The predicted molar refractivity (Wildman–Crippen MR) is 78.2 cm³/mol. The zero-order valence-corrected chi connectivity index (χ0v) is 12.2. The van der Waals surface area contributed by atoms with Gasteiger partial charge in [-0.2, -0.15) is 0 Å². The highest BCUT2D eigenvalue weighted by Gasteiger charge is 2.27. The van der Waals surface area contributed by atoms with Gasteiger partial charge < -0.3 is 20.4 Å². The van der Waals surface area contributed by atoms with Gasteiger partial charge in [0, 0.05) is 18.8 Å². The number of hydrogen-bond donors (Lipinski definition) is 3. The number of amides is 1. The second-order valence-electron chi connectivity index (χ2n) is 5.22. The second-order valence-corrected chi connectivity index (χ2v) is 5.22. The molecule has 0 aliphatic carbocycles. The van der Waals surface area contributed by atoms with Gasteiger partial charge in [0.15, 0.2) is 0 Å². The number of nitrogens with zero attached hydrogens (tertiary/aromatic N) is 1. The van der Waals surface area contributed by atoms with Gasteiger partial charge in [-0.25, -0.2) is 0 Å². The highest BCUT2D eigenvalue weighted by molar-refractivity contribution is 6.00. The van der Waals surface area contributed by atoms with Crippen molar-refractivity contribution in [2.45, 2.75) is 31.9 Å². The Hall–Kier alpha value is -1.92. The van der Waals surface area contributed by atoms with E-state index in [-0.39, 0.29) is 12.3 Å². The Labute approximate surface area is 123 Å². The number of carboxylic acids is 1. The molecule has 0 spiro atoms. The first kappa shape index (κ1) is 15.5. The molecule has 1 heterocycles. The van der Waals surface area contributed by atoms with Crippen LogP contribution in [0.5, 0.6) is 0 Å². The molecule has 2 unspecified atom stereocenters. The number of aliphatic hydroxyl groups is 1. The molecule has 0 radical (unpaired) electrons. The Morgan fingerprint density at radius 1 is 1.48 bits per heavy atom. The van der Waals surface area contributed by atoms with Crippen molar-refractivity contribution in [3.05, 3.63) is 29.3 Å². The number of carboxylic acid groups (broad SMARTS) is 1. The van der Waals surface area contributed by atoms with Crippen molar-refractivity contribution in [1.82, 2.24) is 5.32 Å². The summed E-state index contributed by atoms with van der Waals surface area (Å²) in [5.41, 5.74) is 2.34. The van der Waals surface area contributed by atoms with Gasteiger partial charge in [-0.15, -0.1) is 0 Å². The first-order chi connectivity index (χ1) is 9.93. The Morgan fingerprint density at radius 3 is 2.81 bits per heavy atom. The number of fused-ring (bicyclic) bond motifs is 1. The molecule has 6 heteroatoms. The minimum atomic E-state index is -0.962. The van der Waals surface area contributed by atoms with Crippen molar-refractivity contribution in [3.63, 3.8) is 0 Å². The number of nitrogens with one attached hydrogen (secondary N) is 1. The number of anilines is 1. The van der Waals surface area contributed by atoms with Crippen LogP contribution in [0.2, 0.25) is 0 Å². The largest absolute Gasteiger partial charge is 0.481 e. The summed E-state index contributed by atoms with van der Waals surface area (Å²) in [6.45, 7) is 2.43. The zero-order chi connectivity index (χ0) is 15.6. The van der Waals surface area contributed by atoms with Crippen LogP contribution in [-0.2, 0) is 16.0 Å². The minimum absolute atomic E-state index is 0.0189. The maximum Gasteiger partial charge on any atom is 0.305 e. The molecule has 1 aromatic rings. The topological polar surface area (TPSA) is 89.9 Å². The molecule has 1 amide bonds. The van der Waals surface area contributed by atoms with Crippen molar-refractivity contribution in [1.29, 1.82) is 0 Å². The summed E-state index contributed by atoms with van der Waals surface area (Å²) < 4.78 is 0. The van der Waals surface area contributed by atoms with E-state index in [0.29, 0.717) is 18.5 Å². The van der Waals surface area contributed by atoms with E-state index in [1.165, 1.54) is 0 Å². The Balaban J connectivity index is 2.23. The number of hydrogen-bond acceptors (Lipinski definition) is 4. The van der Waals surface area contributed by atoms with Crippen LogP contribution in [0, 0.1) is 0 Å². The van der Waals surface area contributed by atoms with E-state index in [1.54, 1.807) is 30.1 Å². The number of aliphatic hydroxyl groups excluding tert-OH is 1. The maximum absolute atomic E-state index is 11.7. The normalized spacial score (nSPS) is 16.7. The molecule has 0 fully saturated rings. The number of rotatable bonds is 6. The number of aliphatic carboxylic acids is 1.